The maximum atomic E-state index is 12.6. The van der Waals surface area contributed by atoms with Gasteiger partial charge in [0.25, 0.3) is 0 Å². The summed E-state index contributed by atoms with van der Waals surface area (Å²) in [5, 5.41) is 0. The van der Waals surface area contributed by atoms with E-state index < -0.39 is 21.9 Å². The molecule has 0 radical (unpaired) electrons. The van der Waals surface area contributed by atoms with Gasteiger partial charge in [-0.3, -0.25) is 9.69 Å². The van der Waals surface area contributed by atoms with Gasteiger partial charge >= 0.3 is 10.2 Å². The van der Waals surface area contributed by atoms with Crippen LogP contribution in [0.3, 0.4) is 0 Å². The van der Waals surface area contributed by atoms with Crippen LogP contribution in [0.25, 0.3) is 0 Å². The van der Waals surface area contributed by atoms with Gasteiger partial charge in [0.2, 0.25) is 5.91 Å². The molecule has 2 aliphatic heterocycles. The van der Waals surface area contributed by atoms with E-state index in [-0.39, 0.29) is 12.3 Å². The van der Waals surface area contributed by atoms with Gasteiger partial charge in [-0.1, -0.05) is 0 Å². The fourth-order valence-corrected chi connectivity index (χ4v) is 3.34. The van der Waals surface area contributed by atoms with Crippen molar-refractivity contribution in [3.63, 3.8) is 0 Å². The normalized spacial score (nSPS) is 26.1. The first-order valence-corrected chi connectivity index (χ1v) is 7.99. The molecule has 2 aliphatic rings. The molecule has 0 aromatic carbocycles. The molecule has 1 atom stereocenters. The average molecular weight is 294 g/mol. The van der Waals surface area contributed by atoms with Gasteiger partial charge in [-0.2, -0.15) is 8.42 Å². The molecule has 0 aliphatic carbocycles. The van der Waals surface area contributed by atoms with Crippen molar-refractivity contribution in [2.75, 3.05) is 51.7 Å². The minimum atomic E-state index is -4.50. The van der Waals surface area contributed by atoms with Gasteiger partial charge < -0.3 is 9.64 Å². The Morgan fingerprint density at radius 2 is 1.95 bits per heavy atom. The van der Waals surface area contributed by atoms with Crippen molar-refractivity contribution in [2.45, 2.75) is 6.42 Å². The quantitative estimate of drug-likeness (QED) is 0.638. The second kappa shape index (κ2) is 6.15. The Morgan fingerprint density at radius 3 is 2.58 bits per heavy atom. The van der Waals surface area contributed by atoms with Crippen molar-refractivity contribution in [3.05, 3.63) is 0 Å². The van der Waals surface area contributed by atoms with E-state index in [9.17, 15) is 17.1 Å². The first-order valence-electron chi connectivity index (χ1n) is 6.44. The largest absolute Gasteiger partial charge is 0.379 e. The van der Waals surface area contributed by atoms with Crippen LogP contribution in [0.5, 0.6) is 0 Å². The molecule has 0 spiro atoms. The zero-order valence-corrected chi connectivity index (χ0v) is 11.6. The summed E-state index contributed by atoms with van der Waals surface area (Å²) in [5.74, 6) is -1.04. The number of nitrogens with zero attached hydrogens (tertiary/aromatic N) is 2. The molecule has 110 valence electrons. The smallest absolute Gasteiger partial charge is 0.302 e. The molecule has 1 amide bonds. The summed E-state index contributed by atoms with van der Waals surface area (Å²) in [7, 11) is -4.50. The van der Waals surface area contributed by atoms with Gasteiger partial charge in [-0.25, -0.2) is 0 Å². The lowest BCUT2D eigenvalue weighted by molar-refractivity contribution is -0.128. The Bertz CT molecular complexity index is 422. The predicted octanol–water partition coefficient (Wildman–Crippen LogP) is -0.534. The Balaban J connectivity index is 1.76. The van der Waals surface area contributed by atoms with Gasteiger partial charge in [0.1, 0.15) is 0 Å². The van der Waals surface area contributed by atoms with Crippen molar-refractivity contribution in [3.8, 4) is 0 Å². The third-order valence-corrected chi connectivity index (χ3v) is 4.39. The highest BCUT2D eigenvalue weighted by Crippen LogP contribution is 2.19. The molecule has 2 rings (SSSR count). The summed E-state index contributed by atoms with van der Waals surface area (Å²) in [4.78, 5) is 15.5. The highest BCUT2D eigenvalue weighted by atomic mass is 32.3. The molecule has 0 bridgehead atoms. The highest BCUT2D eigenvalue weighted by Gasteiger charge is 2.32. The number of carbonyl (C=O) groups excluding carboxylic acids is 1. The minimum Gasteiger partial charge on any atom is -0.379 e. The zero-order chi connectivity index (χ0) is 13.9. The van der Waals surface area contributed by atoms with Gasteiger partial charge in [-0.05, 0) is 0 Å². The van der Waals surface area contributed by atoms with Crippen LogP contribution in [-0.4, -0.2) is 75.8 Å². The second-order valence-corrected chi connectivity index (χ2v) is 6.48. The van der Waals surface area contributed by atoms with Gasteiger partial charge in [0.15, 0.2) is 0 Å². The van der Waals surface area contributed by atoms with Crippen LogP contribution in [0.1, 0.15) is 6.42 Å². The summed E-state index contributed by atoms with van der Waals surface area (Å²) >= 11 is 0. The first kappa shape index (κ1) is 14.7. The zero-order valence-electron chi connectivity index (χ0n) is 10.8. The molecule has 0 N–H and O–H groups in total. The number of amides is 1. The second-order valence-electron chi connectivity index (χ2n) is 5.07. The monoisotopic (exact) mass is 294 g/mol. The van der Waals surface area contributed by atoms with Crippen molar-refractivity contribution in [1.29, 1.82) is 0 Å². The Labute approximate surface area is 112 Å². The van der Waals surface area contributed by atoms with Gasteiger partial charge in [0, 0.05) is 45.1 Å². The number of morpholine rings is 1. The van der Waals surface area contributed by atoms with E-state index in [1.165, 1.54) is 0 Å². The lowest BCUT2D eigenvalue weighted by Gasteiger charge is -2.28. The van der Waals surface area contributed by atoms with Crippen LogP contribution in [0.15, 0.2) is 0 Å². The van der Waals surface area contributed by atoms with Crippen LogP contribution in [0, 0.1) is 5.92 Å². The van der Waals surface area contributed by atoms with Crippen LogP contribution < -0.4 is 0 Å². The molecule has 2 fully saturated rings. The fraction of sp³-hybridized carbons (Fsp3) is 0.909. The summed E-state index contributed by atoms with van der Waals surface area (Å²) in [5.41, 5.74) is 0. The van der Waals surface area contributed by atoms with Crippen LogP contribution in [0.4, 0.5) is 3.89 Å². The molecule has 2 saturated heterocycles. The van der Waals surface area contributed by atoms with Crippen molar-refractivity contribution < 1.29 is 21.8 Å². The van der Waals surface area contributed by atoms with Gasteiger partial charge in [-0.15, -0.1) is 3.89 Å². The van der Waals surface area contributed by atoms with Gasteiger partial charge in [0.05, 0.1) is 19.0 Å². The van der Waals surface area contributed by atoms with E-state index in [1.54, 1.807) is 4.90 Å². The lowest BCUT2D eigenvalue weighted by atomic mass is 10.1. The fourth-order valence-electron chi connectivity index (χ4n) is 2.55. The highest BCUT2D eigenvalue weighted by molar-refractivity contribution is 7.86. The van der Waals surface area contributed by atoms with E-state index in [0.717, 1.165) is 19.6 Å². The number of carbonyl (C=O) groups is 1. The number of halogens is 1. The molecule has 19 heavy (non-hydrogen) atoms. The Hall–Kier alpha value is -0.730. The topological polar surface area (TPSA) is 66.9 Å². The summed E-state index contributed by atoms with van der Waals surface area (Å²) in [6, 6.07) is 0. The van der Waals surface area contributed by atoms with E-state index >= 15 is 0 Å². The third-order valence-electron chi connectivity index (χ3n) is 3.52. The number of hydrogen-bond donors (Lipinski definition) is 0. The van der Waals surface area contributed by atoms with Crippen LogP contribution in [-0.2, 0) is 19.8 Å². The van der Waals surface area contributed by atoms with Crippen LogP contribution >= 0.6 is 0 Å². The van der Waals surface area contributed by atoms with Crippen LogP contribution in [0.2, 0.25) is 0 Å². The summed E-state index contributed by atoms with van der Waals surface area (Å²) in [6.45, 7) is 4.78. The number of ether oxygens (including phenoxy) is 1. The SMILES string of the molecule is O=C1CC(CS(=O)(=O)F)CN1CCN1CCOCC1. The maximum absolute atomic E-state index is 12.6. The molecule has 2 heterocycles. The number of likely N-dealkylation sites (tertiary alicyclic amines) is 1. The van der Waals surface area contributed by atoms with E-state index in [2.05, 4.69) is 4.90 Å². The van der Waals surface area contributed by atoms with Crippen molar-refractivity contribution in [1.82, 2.24) is 9.80 Å². The molecule has 1 unspecified atom stereocenters. The Kier molecular flexibility index (Phi) is 4.75. The molecule has 8 heteroatoms. The third kappa shape index (κ3) is 4.70. The molecular weight excluding hydrogens is 275 g/mol. The standard InChI is InChI=1S/C11H19FN2O4S/c12-19(16,17)9-10-7-11(15)14(8-10)2-1-13-3-5-18-6-4-13/h10H,1-9H2. The van der Waals surface area contributed by atoms with E-state index in [1.807, 2.05) is 0 Å². The first-order chi connectivity index (χ1) is 8.94. The number of rotatable bonds is 5. The molecule has 0 saturated carbocycles. The average Bonchev–Trinajstić information content (AvgIpc) is 2.66. The summed E-state index contributed by atoms with van der Waals surface area (Å²) < 4.78 is 39.0. The molecule has 0 aromatic heterocycles. The number of hydrogen-bond acceptors (Lipinski definition) is 5. The molecule has 0 aromatic rings. The lowest BCUT2D eigenvalue weighted by Crippen LogP contribution is -2.41. The molecule has 6 nitrogen and oxygen atoms in total. The van der Waals surface area contributed by atoms with Crippen molar-refractivity contribution >= 4 is 16.1 Å². The Morgan fingerprint density at radius 1 is 1.26 bits per heavy atom. The van der Waals surface area contributed by atoms with E-state index in [4.69, 9.17) is 4.74 Å². The predicted molar refractivity (Wildman–Crippen MR) is 66.8 cm³/mol. The minimum absolute atomic E-state index is 0.0816. The van der Waals surface area contributed by atoms with E-state index in [0.29, 0.717) is 26.3 Å². The van der Waals surface area contributed by atoms with Crippen molar-refractivity contribution in [2.24, 2.45) is 5.92 Å². The molecular formula is C11H19FN2O4S. The maximum Gasteiger partial charge on any atom is 0.302 e. The summed E-state index contributed by atoms with van der Waals surface area (Å²) in [6.07, 6.45) is 0.131.